The molecular formula is C39H32N2O7. The molecule has 2 aliphatic heterocycles. The minimum Gasteiger partial charge on any atom is -0.382 e. The number of hydrogen-bond donors (Lipinski definition) is 0. The molecule has 2 aliphatic rings. The van der Waals surface area contributed by atoms with E-state index < -0.39 is 6.04 Å². The van der Waals surface area contributed by atoms with Gasteiger partial charge in [0.05, 0.1) is 44.3 Å². The Labute approximate surface area is 275 Å². The van der Waals surface area contributed by atoms with Gasteiger partial charge in [0.25, 0.3) is 23.6 Å². The fourth-order valence-corrected chi connectivity index (χ4v) is 7.32. The molecule has 0 spiro atoms. The van der Waals surface area contributed by atoms with Gasteiger partial charge in [0.15, 0.2) is 0 Å². The lowest BCUT2D eigenvalue weighted by Crippen LogP contribution is -2.48. The molecule has 6 aromatic carbocycles. The van der Waals surface area contributed by atoms with Gasteiger partial charge < -0.3 is 14.2 Å². The zero-order chi connectivity index (χ0) is 33.3. The second-order valence-corrected chi connectivity index (χ2v) is 12.5. The highest BCUT2D eigenvalue weighted by molar-refractivity contribution is 6.43. The number of ether oxygens (including phenoxy) is 3. The van der Waals surface area contributed by atoms with Crippen molar-refractivity contribution in [3.8, 4) is 0 Å². The largest absolute Gasteiger partial charge is 0.382 e. The zero-order valence-corrected chi connectivity index (χ0v) is 26.7. The topological polar surface area (TPSA) is 102 Å². The van der Waals surface area contributed by atoms with E-state index in [4.69, 9.17) is 14.2 Å². The first-order valence-electron chi connectivity index (χ1n) is 16.0. The molecule has 6 aromatic rings. The first kappa shape index (κ1) is 30.1. The van der Waals surface area contributed by atoms with Crippen LogP contribution in [0.3, 0.4) is 0 Å². The van der Waals surface area contributed by atoms with Gasteiger partial charge in [-0.25, -0.2) is 4.90 Å². The summed E-state index contributed by atoms with van der Waals surface area (Å²) in [4.78, 5) is 58.2. The van der Waals surface area contributed by atoms with Crippen LogP contribution in [0, 0.1) is 0 Å². The number of nitrogens with zero attached hydrogens (tertiary/aromatic N) is 2. The van der Waals surface area contributed by atoms with Crippen LogP contribution in [0.25, 0.3) is 43.1 Å². The number of methoxy groups -OCH3 is 1. The molecule has 0 fully saturated rings. The summed E-state index contributed by atoms with van der Waals surface area (Å²) in [7, 11) is 1.61. The third-order valence-corrected chi connectivity index (χ3v) is 9.53. The van der Waals surface area contributed by atoms with Crippen molar-refractivity contribution in [3.05, 3.63) is 101 Å². The molecule has 0 bridgehead atoms. The number of amides is 4. The van der Waals surface area contributed by atoms with Crippen molar-refractivity contribution in [3.63, 3.8) is 0 Å². The van der Waals surface area contributed by atoms with E-state index in [0.29, 0.717) is 58.5 Å². The van der Waals surface area contributed by atoms with E-state index in [1.165, 1.54) is 9.80 Å². The van der Waals surface area contributed by atoms with E-state index in [1.54, 1.807) is 62.6 Å². The molecule has 9 nitrogen and oxygen atoms in total. The molecule has 4 amide bonds. The number of carbonyl (C=O) groups is 4. The van der Waals surface area contributed by atoms with Gasteiger partial charge in [0.2, 0.25) is 0 Å². The van der Waals surface area contributed by atoms with Crippen LogP contribution in [0.4, 0.5) is 5.69 Å². The van der Waals surface area contributed by atoms with Crippen molar-refractivity contribution < 1.29 is 33.4 Å². The van der Waals surface area contributed by atoms with E-state index in [2.05, 4.69) is 0 Å². The predicted molar refractivity (Wildman–Crippen MR) is 183 cm³/mol. The minimum atomic E-state index is -0.510. The fourth-order valence-electron chi connectivity index (χ4n) is 7.32. The number of imide groups is 2. The number of para-hydroxylation sites is 1. The van der Waals surface area contributed by atoms with E-state index in [9.17, 15) is 19.2 Å². The summed E-state index contributed by atoms with van der Waals surface area (Å²) < 4.78 is 16.5. The SMILES string of the molecule is COCCOCC(C)OCC(C)N1C(=O)c2ccc3c4ccc5c6c(ccc(c7ccc(c2c37)C1=O)c64)C(=O)N(c1ccccc1)C5=O. The second kappa shape index (κ2) is 11.5. The average molecular weight is 641 g/mol. The van der Waals surface area contributed by atoms with Gasteiger partial charge >= 0.3 is 0 Å². The van der Waals surface area contributed by atoms with Crippen molar-refractivity contribution in [1.82, 2.24) is 4.90 Å². The van der Waals surface area contributed by atoms with Crippen LogP contribution in [-0.4, -0.2) is 74.2 Å². The number of rotatable bonds is 10. The predicted octanol–water partition coefficient (Wildman–Crippen LogP) is 6.59. The fraction of sp³-hybridized carbons (Fsp3) is 0.231. The molecule has 8 rings (SSSR count). The molecular weight excluding hydrogens is 608 g/mol. The van der Waals surface area contributed by atoms with Crippen LogP contribution >= 0.6 is 0 Å². The van der Waals surface area contributed by atoms with Crippen LogP contribution < -0.4 is 4.90 Å². The van der Waals surface area contributed by atoms with Crippen molar-refractivity contribution in [1.29, 1.82) is 0 Å². The summed E-state index contributed by atoms with van der Waals surface area (Å²) in [6.07, 6.45) is -0.228. The zero-order valence-electron chi connectivity index (χ0n) is 26.7. The highest BCUT2D eigenvalue weighted by Crippen LogP contribution is 2.46. The van der Waals surface area contributed by atoms with E-state index in [1.807, 2.05) is 37.3 Å². The normalized spacial score (nSPS) is 15.9. The van der Waals surface area contributed by atoms with Gasteiger partial charge in [-0.1, -0.05) is 42.5 Å². The molecule has 9 heteroatoms. The third kappa shape index (κ3) is 4.35. The van der Waals surface area contributed by atoms with Gasteiger partial charge in [-0.3, -0.25) is 24.1 Å². The van der Waals surface area contributed by atoms with Gasteiger partial charge in [-0.15, -0.1) is 0 Å². The number of fused-ring (bicyclic) bond motifs is 2. The van der Waals surface area contributed by atoms with Crippen molar-refractivity contribution in [2.45, 2.75) is 26.0 Å². The summed E-state index contributed by atoms with van der Waals surface area (Å²) in [5.74, 6) is -1.49. The lowest BCUT2D eigenvalue weighted by Gasteiger charge is -2.33. The Bertz CT molecular complexity index is 2200. The highest BCUT2D eigenvalue weighted by Gasteiger charge is 2.38. The van der Waals surface area contributed by atoms with Crippen LogP contribution in [0.5, 0.6) is 0 Å². The first-order valence-corrected chi connectivity index (χ1v) is 16.0. The van der Waals surface area contributed by atoms with Crippen LogP contribution in [0.2, 0.25) is 0 Å². The molecule has 0 radical (unpaired) electrons. The summed E-state index contributed by atoms with van der Waals surface area (Å²) in [5.41, 5.74) is 2.33. The maximum atomic E-state index is 14.0. The summed E-state index contributed by atoms with van der Waals surface area (Å²) >= 11 is 0. The second-order valence-electron chi connectivity index (χ2n) is 12.5. The van der Waals surface area contributed by atoms with E-state index >= 15 is 0 Å². The lowest BCUT2D eigenvalue weighted by atomic mass is 9.82. The minimum absolute atomic E-state index is 0.167. The molecule has 2 unspecified atom stereocenters. The van der Waals surface area contributed by atoms with Crippen molar-refractivity contribution >= 4 is 72.4 Å². The molecule has 0 aliphatic carbocycles. The quantitative estimate of drug-likeness (QED) is 0.0721. The monoisotopic (exact) mass is 640 g/mol. The molecule has 0 aromatic heterocycles. The lowest BCUT2D eigenvalue weighted by molar-refractivity contribution is -0.0312. The number of anilines is 1. The standard InChI is InChI=1S/C39H32N2O7/c1-21(19-48-22(2)20-47-18-17-46-3)40-36(42)28-13-9-24-26-11-15-30-35-31(39(45)41(38(30)44)23-7-5-4-6-8-23)16-12-27(33(26)35)25-10-14-29(37(40)43)34(28)32(24)25/h4-16,21-22H,17-20H2,1-3H3. The molecule has 2 atom stereocenters. The molecule has 0 saturated carbocycles. The molecule has 48 heavy (non-hydrogen) atoms. The van der Waals surface area contributed by atoms with Crippen molar-refractivity contribution in [2.24, 2.45) is 0 Å². The highest BCUT2D eigenvalue weighted by atomic mass is 16.5. The summed E-state index contributed by atoms with van der Waals surface area (Å²) in [6, 6.07) is 23.2. The van der Waals surface area contributed by atoms with Crippen LogP contribution in [0.15, 0.2) is 78.9 Å². The van der Waals surface area contributed by atoms with Gasteiger partial charge in [-0.2, -0.15) is 0 Å². The Kier molecular flexibility index (Phi) is 7.21. The molecule has 0 saturated heterocycles. The Morgan fingerprint density at radius 1 is 0.562 bits per heavy atom. The Balaban J connectivity index is 1.21. The maximum absolute atomic E-state index is 14.0. The summed E-state index contributed by atoms with van der Waals surface area (Å²) in [5, 5.41) is 6.26. The first-order chi connectivity index (χ1) is 23.3. The Morgan fingerprint density at radius 2 is 1.04 bits per heavy atom. The van der Waals surface area contributed by atoms with Crippen LogP contribution in [0.1, 0.15) is 55.3 Å². The van der Waals surface area contributed by atoms with Gasteiger partial charge in [0.1, 0.15) is 0 Å². The average Bonchev–Trinajstić information content (AvgIpc) is 3.10. The third-order valence-electron chi connectivity index (χ3n) is 9.53. The van der Waals surface area contributed by atoms with E-state index in [0.717, 1.165) is 32.3 Å². The van der Waals surface area contributed by atoms with Gasteiger partial charge in [0, 0.05) is 40.1 Å². The maximum Gasteiger partial charge on any atom is 0.265 e. The number of benzene rings is 6. The smallest absolute Gasteiger partial charge is 0.265 e. The number of carbonyl (C=O) groups excluding carboxylic acids is 4. The molecule has 0 N–H and O–H groups in total. The van der Waals surface area contributed by atoms with Crippen LogP contribution in [-0.2, 0) is 14.2 Å². The number of hydrogen-bond acceptors (Lipinski definition) is 7. The Hall–Kier alpha value is -5.22. The Morgan fingerprint density at radius 3 is 1.52 bits per heavy atom. The molecule has 240 valence electrons. The van der Waals surface area contributed by atoms with Crippen molar-refractivity contribution in [2.75, 3.05) is 38.4 Å². The van der Waals surface area contributed by atoms with E-state index in [-0.39, 0.29) is 36.3 Å². The summed E-state index contributed by atoms with van der Waals surface area (Å²) in [6.45, 7) is 5.17. The van der Waals surface area contributed by atoms with Gasteiger partial charge in [-0.05, 0) is 82.6 Å². The molecule has 2 heterocycles.